The van der Waals surface area contributed by atoms with Gasteiger partial charge in [-0.1, -0.05) is 0 Å². The van der Waals surface area contributed by atoms with Crippen LogP contribution in [0.1, 0.15) is 40.0 Å². The van der Waals surface area contributed by atoms with Crippen LogP contribution in [0.3, 0.4) is 0 Å². The van der Waals surface area contributed by atoms with Crippen LogP contribution in [-0.2, 0) is 4.74 Å². The molecule has 1 amide bonds. The largest absolute Gasteiger partial charge is 0.444 e. The van der Waals surface area contributed by atoms with Gasteiger partial charge in [0.1, 0.15) is 5.60 Å². The summed E-state index contributed by atoms with van der Waals surface area (Å²) in [5.41, 5.74) is -0.397. The molecule has 17 heavy (non-hydrogen) atoms. The SMILES string of the molecule is CN(C(=O)OC(C)(C)C)C1CC(N2CCC2)C1. The van der Waals surface area contributed by atoms with E-state index >= 15 is 0 Å². The molecule has 98 valence electrons. The van der Waals surface area contributed by atoms with E-state index in [4.69, 9.17) is 4.74 Å². The van der Waals surface area contributed by atoms with Gasteiger partial charge in [-0.25, -0.2) is 4.79 Å². The van der Waals surface area contributed by atoms with E-state index in [0.29, 0.717) is 12.1 Å². The van der Waals surface area contributed by atoms with Gasteiger partial charge in [0, 0.05) is 19.1 Å². The molecule has 1 aliphatic carbocycles. The minimum absolute atomic E-state index is 0.190. The second kappa shape index (κ2) is 4.48. The van der Waals surface area contributed by atoms with Gasteiger partial charge in [-0.3, -0.25) is 0 Å². The first-order valence-corrected chi connectivity index (χ1v) is 6.57. The molecule has 0 atom stereocenters. The van der Waals surface area contributed by atoms with Crippen molar-refractivity contribution in [3.63, 3.8) is 0 Å². The van der Waals surface area contributed by atoms with Crippen LogP contribution in [0.2, 0.25) is 0 Å². The molecule has 1 heterocycles. The zero-order chi connectivity index (χ0) is 12.6. The molecule has 0 N–H and O–H groups in total. The Kier molecular flexibility index (Phi) is 3.34. The summed E-state index contributed by atoms with van der Waals surface area (Å²) in [5, 5.41) is 0. The van der Waals surface area contributed by atoms with Crippen LogP contribution in [0.4, 0.5) is 4.79 Å². The molecule has 0 unspecified atom stereocenters. The third-order valence-electron chi connectivity index (χ3n) is 3.72. The Labute approximate surface area is 104 Å². The molecule has 1 saturated carbocycles. The van der Waals surface area contributed by atoms with Crippen LogP contribution in [0.5, 0.6) is 0 Å². The van der Waals surface area contributed by atoms with Gasteiger partial charge in [0.15, 0.2) is 0 Å². The fourth-order valence-corrected chi connectivity index (χ4v) is 2.36. The molecule has 0 spiro atoms. The molecule has 0 bridgehead atoms. The first-order valence-electron chi connectivity index (χ1n) is 6.57. The summed E-state index contributed by atoms with van der Waals surface area (Å²) >= 11 is 0. The third-order valence-corrected chi connectivity index (χ3v) is 3.72. The minimum atomic E-state index is -0.397. The Hall–Kier alpha value is -0.770. The first-order chi connectivity index (χ1) is 7.87. The molecule has 0 aromatic rings. The van der Waals surface area contributed by atoms with Gasteiger partial charge in [0.2, 0.25) is 0 Å². The number of nitrogens with zero attached hydrogens (tertiary/aromatic N) is 2. The lowest BCUT2D eigenvalue weighted by Gasteiger charge is -2.49. The van der Waals surface area contributed by atoms with Gasteiger partial charge in [-0.2, -0.15) is 0 Å². The van der Waals surface area contributed by atoms with Gasteiger partial charge in [-0.15, -0.1) is 0 Å². The summed E-state index contributed by atoms with van der Waals surface area (Å²) in [6.07, 6.45) is 3.36. The van der Waals surface area contributed by atoms with E-state index in [0.717, 1.165) is 12.8 Å². The van der Waals surface area contributed by atoms with Gasteiger partial charge < -0.3 is 14.5 Å². The van der Waals surface area contributed by atoms with Gasteiger partial charge in [0.05, 0.1) is 0 Å². The molecule has 1 saturated heterocycles. The highest BCUT2D eigenvalue weighted by Crippen LogP contribution is 2.32. The van der Waals surface area contributed by atoms with Crippen LogP contribution in [0, 0.1) is 0 Å². The number of hydrogen-bond acceptors (Lipinski definition) is 3. The average molecular weight is 240 g/mol. The van der Waals surface area contributed by atoms with Crippen LogP contribution >= 0.6 is 0 Å². The Morgan fingerprint density at radius 1 is 1.29 bits per heavy atom. The summed E-state index contributed by atoms with van der Waals surface area (Å²) < 4.78 is 5.37. The summed E-state index contributed by atoms with van der Waals surface area (Å²) in [6.45, 7) is 8.20. The van der Waals surface area contributed by atoms with Crippen molar-refractivity contribution in [2.75, 3.05) is 20.1 Å². The number of rotatable bonds is 2. The Balaban J connectivity index is 1.74. The zero-order valence-corrected chi connectivity index (χ0v) is 11.4. The molecule has 2 aliphatic rings. The van der Waals surface area contributed by atoms with Crippen LogP contribution in [0.15, 0.2) is 0 Å². The molecule has 4 nitrogen and oxygen atoms in total. The summed E-state index contributed by atoms with van der Waals surface area (Å²) in [5.74, 6) is 0. The molecule has 2 rings (SSSR count). The number of carbonyl (C=O) groups excluding carboxylic acids is 1. The molecular formula is C13H24N2O2. The topological polar surface area (TPSA) is 32.8 Å². The van der Waals surface area contributed by atoms with E-state index in [-0.39, 0.29) is 6.09 Å². The van der Waals surface area contributed by atoms with Crippen molar-refractivity contribution in [3.8, 4) is 0 Å². The van der Waals surface area contributed by atoms with E-state index < -0.39 is 5.60 Å². The van der Waals surface area contributed by atoms with E-state index in [1.54, 1.807) is 4.90 Å². The standard InChI is InChI=1S/C13H24N2O2/c1-13(2,3)17-12(16)14(4)10-8-11(9-10)15-6-5-7-15/h10-11H,5-9H2,1-4H3. The number of carbonyl (C=O) groups is 1. The average Bonchev–Trinajstić information content (AvgIpc) is 2.02. The highest BCUT2D eigenvalue weighted by atomic mass is 16.6. The summed E-state index contributed by atoms with van der Waals surface area (Å²) in [4.78, 5) is 16.1. The highest BCUT2D eigenvalue weighted by molar-refractivity contribution is 5.68. The normalized spacial score (nSPS) is 29.2. The lowest BCUT2D eigenvalue weighted by molar-refractivity contribution is -0.0155. The summed E-state index contributed by atoms with van der Waals surface area (Å²) in [6, 6.07) is 1.08. The predicted octanol–water partition coefficient (Wildman–Crippen LogP) is 2.09. The third kappa shape index (κ3) is 2.92. The van der Waals surface area contributed by atoms with E-state index in [9.17, 15) is 4.79 Å². The first kappa shape index (κ1) is 12.7. The predicted molar refractivity (Wildman–Crippen MR) is 67.0 cm³/mol. The van der Waals surface area contributed by atoms with Crippen LogP contribution in [0.25, 0.3) is 0 Å². The van der Waals surface area contributed by atoms with Crippen molar-refractivity contribution in [1.29, 1.82) is 0 Å². The quantitative estimate of drug-likeness (QED) is 0.741. The Morgan fingerprint density at radius 3 is 2.29 bits per heavy atom. The van der Waals surface area contributed by atoms with E-state index in [2.05, 4.69) is 4.90 Å². The highest BCUT2D eigenvalue weighted by Gasteiger charge is 2.40. The van der Waals surface area contributed by atoms with Crippen LogP contribution in [-0.4, -0.2) is 53.7 Å². The second-order valence-corrected chi connectivity index (χ2v) is 6.26. The van der Waals surface area contributed by atoms with Crippen molar-refractivity contribution in [3.05, 3.63) is 0 Å². The number of amides is 1. The maximum atomic E-state index is 11.8. The molecule has 4 heteroatoms. The maximum Gasteiger partial charge on any atom is 0.410 e. The van der Waals surface area contributed by atoms with Crippen molar-refractivity contribution < 1.29 is 9.53 Å². The number of ether oxygens (including phenoxy) is 1. The summed E-state index contributed by atoms with van der Waals surface area (Å²) in [7, 11) is 1.85. The van der Waals surface area contributed by atoms with E-state index in [1.807, 2.05) is 27.8 Å². The Bertz CT molecular complexity index is 288. The number of likely N-dealkylation sites (tertiary alicyclic amines) is 1. The minimum Gasteiger partial charge on any atom is -0.444 e. The maximum absolute atomic E-state index is 11.8. The van der Waals surface area contributed by atoms with Crippen molar-refractivity contribution >= 4 is 6.09 Å². The fourth-order valence-electron chi connectivity index (χ4n) is 2.36. The number of hydrogen-bond donors (Lipinski definition) is 0. The molecular weight excluding hydrogens is 216 g/mol. The van der Waals surface area contributed by atoms with Gasteiger partial charge >= 0.3 is 6.09 Å². The van der Waals surface area contributed by atoms with Crippen molar-refractivity contribution in [2.24, 2.45) is 0 Å². The molecule has 0 radical (unpaired) electrons. The van der Waals surface area contributed by atoms with Crippen molar-refractivity contribution in [1.82, 2.24) is 9.80 Å². The second-order valence-electron chi connectivity index (χ2n) is 6.26. The van der Waals surface area contributed by atoms with Crippen molar-refractivity contribution in [2.45, 2.75) is 57.7 Å². The Morgan fingerprint density at radius 2 is 1.88 bits per heavy atom. The lowest BCUT2D eigenvalue weighted by Crippen LogP contribution is -2.58. The zero-order valence-electron chi connectivity index (χ0n) is 11.4. The monoisotopic (exact) mass is 240 g/mol. The molecule has 0 aromatic heterocycles. The molecule has 2 fully saturated rings. The lowest BCUT2D eigenvalue weighted by atomic mass is 9.83. The van der Waals surface area contributed by atoms with Gasteiger partial charge in [0.25, 0.3) is 0 Å². The smallest absolute Gasteiger partial charge is 0.410 e. The van der Waals surface area contributed by atoms with Crippen LogP contribution < -0.4 is 0 Å². The van der Waals surface area contributed by atoms with Gasteiger partial charge in [-0.05, 0) is 53.1 Å². The van der Waals surface area contributed by atoms with E-state index in [1.165, 1.54) is 19.5 Å². The molecule has 0 aromatic carbocycles. The molecule has 1 aliphatic heterocycles. The fraction of sp³-hybridized carbons (Fsp3) is 0.923.